The monoisotopic (exact) mass is 972 g/mol. The van der Waals surface area contributed by atoms with Crippen LogP contribution in [0.25, 0.3) is 0 Å². The van der Waals surface area contributed by atoms with Gasteiger partial charge in [-0.2, -0.15) is 0 Å². The molecule has 8 aliphatic rings. The number of ether oxygens (including phenoxy) is 7. The highest BCUT2D eigenvalue weighted by atomic mass is 16.7. The van der Waals surface area contributed by atoms with Crippen molar-refractivity contribution in [3.63, 3.8) is 0 Å². The van der Waals surface area contributed by atoms with E-state index in [0.29, 0.717) is 44.9 Å². The molecule has 3 saturated heterocycles. The van der Waals surface area contributed by atoms with E-state index in [4.69, 9.17) is 33.2 Å². The minimum Gasteiger partial charge on any atom is -0.467 e. The highest BCUT2D eigenvalue weighted by Gasteiger charge is 2.71. The predicted octanol–water partition coefficient (Wildman–Crippen LogP) is -1.10. The summed E-state index contributed by atoms with van der Waals surface area (Å²) in [5.74, 6) is -2.09. The van der Waals surface area contributed by atoms with Gasteiger partial charge in [-0.25, -0.2) is 4.79 Å². The normalized spacial score (nSPS) is 53.4. The Morgan fingerprint density at radius 1 is 0.706 bits per heavy atom. The van der Waals surface area contributed by atoms with Crippen LogP contribution in [-0.2, 0) is 42.7 Å². The lowest BCUT2D eigenvalue weighted by Gasteiger charge is -2.71. The third-order valence-corrected chi connectivity index (χ3v) is 19.2. The Labute approximate surface area is 396 Å². The number of methoxy groups -OCH3 is 1. The zero-order valence-corrected chi connectivity index (χ0v) is 40.1. The number of rotatable bonds is 9. The van der Waals surface area contributed by atoms with Gasteiger partial charge in [0.15, 0.2) is 18.7 Å². The number of esters is 2. The van der Waals surface area contributed by atoms with E-state index >= 15 is 0 Å². The first-order valence-corrected chi connectivity index (χ1v) is 24.4. The fourth-order valence-corrected chi connectivity index (χ4v) is 15.0. The number of hydrogen-bond acceptors (Lipinski definition) is 20. The van der Waals surface area contributed by atoms with Gasteiger partial charge in [0.25, 0.3) is 0 Å². The van der Waals surface area contributed by atoms with Crippen molar-refractivity contribution in [1.29, 1.82) is 0 Å². The maximum Gasteiger partial charge on any atom is 0.337 e. The molecule has 0 spiro atoms. The average molecular weight is 973 g/mol. The largest absolute Gasteiger partial charge is 0.467 e. The number of hydrogen-bond donors (Lipinski definition) is 11. The average Bonchev–Trinajstić information content (AvgIpc) is 3.29. The van der Waals surface area contributed by atoms with Crippen LogP contribution in [0.4, 0.5) is 0 Å². The van der Waals surface area contributed by atoms with Gasteiger partial charge < -0.3 is 89.3 Å². The zero-order valence-electron chi connectivity index (χ0n) is 40.1. The van der Waals surface area contributed by atoms with Gasteiger partial charge in [-0.15, -0.1) is 0 Å². The highest BCUT2D eigenvalue weighted by molar-refractivity contribution is 5.79. The predicted molar refractivity (Wildman–Crippen MR) is 232 cm³/mol. The van der Waals surface area contributed by atoms with Gasteiger partial charge in [0.05, 0.1) is 44.6 Å². The molecule has 0 aromatic heterocycles. The van der Waals surface area contributed by atoms with E-state index in [-0.39, 0.29) is 35.0 Å². The summed E-state index contributed by atoms with van der Waals surface area (Å²) in [7, 11) is 1.07. The lowest BCUT2D eigenvalue weighted by Crippen LogP contribution is -2.70. The lowest BCUT2D eigenvalue weighted by atomic mass is 9.33. The fraction of sp³-hybridized carbons (Fsp3) is 0.917. The van der Waals surface area contributed by atoms with Crippen molar-refractivity contribution in [1.82, 2.24) is 0 Å². The highest BCUT2D eigenvalue weighted by Crippen LogP contribution is 2.76. The Hall–Kier alpha value is -1.96. The van der Waals surface area contributed by atoms with Gasteiger partial charge in [-0.3, -0.25) is 4.79 Å². The maximum absolute atomic E-state index is 14.7. The van der Waals surface area contributed by atoms with Crippen LogP contribution in [-0.4, -0.2) is 193 Å². The second-order valence-corrected chi connectivity index (χ2v) is 23.2. The fourth-order valence-electron chi connectivity index (χ4n) is 15.0. The van der Waals surface area contributed by atoms with Crippen LogP contribution in [0.5, 0.6) is 0 Å². The van der Waals surface area contributed by atoms with E-state index in [1.165, 1.54) is 5.57 Å². The summed E-state index contributed by atoms with van der Waals surface area (Å²) in [5, 5.41) is 119. The molecule has 8 rings (SSSR count). The first-order valence-electron chi connectivity index (χ1n) is 24.4. The van der Waals surface area contributed by atoms with Gasteiger partial charge in [0.1, 0.15) is 61.0 Å². The van der Waals surface area contributed by atoms with Crippen LogP contribution in [0.3, 0.4) is 0 Å². The quantitative estimate of drug-likeness (QED) is 0.0743. The van der Waals surface area contributed by atoms with Gasteiger partial charge >= 0.3 is 11.9 Å². The molecule has 0 aromatic carbocycles. The molecule has 11 N–H and O–H groups in total. The summed E-state index contributed by atoms with van der Waals surface area (Å²) in [6.07, 6.45) is -18.3. The van der Waals surface area contributed by atoms with Crippen molar-refractivity contribution in [3.8, 4) is 0 Å². The maximum atomic E-state index is 14.7. The number of carbonyl (C=O) groups excluding carboxylic acids is 2. The van der Waals surface area contributed by atoms with E-state index in [1.54, 1.807) is 0 Å². The molecule has 20 heteroatoms. The molecule has 4 saturated carbocycles. The topological polar surface area (TPSA) is 321 Å². The van der Waals surface area contributed by atoms with E-state index in [9.17, 15) is 65.8 Å². The molecule has 0 unspecified atom stereocenters. The molecule has 0 amide bonds. The van der Waals surface area contributed by atoms with Crippen molar-refractivity contribution in [3.05, 3.63) is 11.6 Å². The van der Waals surface area contributed by atoms with E-state index in [0.717, 1.165) is 13.5 Å². The Morgan fingerprint density at radius 2 is 1.37 bits per heavy atom. The Bertz CT molecular complexity index is 1900. The summed E-state index contributed by atoms with van der Waals surface area (Å²) >= 11 is 0. The molecule has 0 bridgehead atoms. The lowest BCUT2D eigenvalue weighted by molar-refractivity contribution is -0.362. The van der Waals surface area contributed by atoms with Crippen molar-refractivity contribution in [2.75, 3.05) is 26.9 Å². The number of fused-ring (bicyclic) bond motifs is 7. The Balaban J connectivity index is 1.05. The third-order valence-electron chi connectivity index (χ3n) is 19.2. The van der Waals surface area contributed by atoms with Gasteiger partial charge in [-0.1, -0.05) is 53.2 Å². The van der Waals surface area contributed by atoms with Crippen LogP contribution in [0.1, 0.15) is 99.3 Å². The number of carbonyl (C=O) groups is 2. The van der Waals surface area contributed by atoms with Crippen molar-refractivity contribution >= 4 is 11.9 Å². The van der Waals surface area contributed by atoms with Crippen molar-refractivity contribution in [2.45, 2.75) is 198 Å². The van der Waals surface area contributed by atoms with Gasteiger partial charge in [0, 0.05) is 5.41 Å². The number of aliphatic hydroxyl groups excluding tert-OH is 11. The van der Waals surface area contributed by atoms with Crippen molar-refractivity contribution in [2.24, 2.45) is 50.2 Å². The SMILES string of the molecule is COC(=O)[C@H]1O[C@@H](O[C@H]2[C@@H](O)C[C@@]3(C)[C@@H](CC[C@]4(C)[C@@H]3CC=C3[C@@H]5CC(C)(C)CC[C@]5(C(=O)O[C@@H]5O[C@H](CO)[C@@H](O)[C@H](O)[C@H]5O)CC[C@]34C)[C@]2(C)CO)[C@H](O)[C@@H](O)[C@@H]1O[C@@H]1OC[C@@H](O)[C@H](O)[C@H]1O. The first kappa shape index (κ1) is 52.4. The molecular weight excluding hydrogens is 897 g/mol. The first-order chi connectivity index (χ1) is 31.8. The van der Waals surface area contributed by atoms with E-state index in [2.05, 4.69) is 40.7 Å². The minimum absolute atomic E-state index is 0.0221. The molecule has 20 nitrogen and oxygen atoms in total. The van der Waals surface area contributed by atoms with Crippen LogP contribution in [0.2, 0.25) is 0 Å². The van der Waals surface area contributed by atoms with Crippen LogP contribution < -0.4 is 0 Å². The summed E-state index contributed by atoms with van der Waals surface area (Å²) in [6.45, 7) is 11.4. The number of aliphatic hydroxyl groups is 11. The van der Waals surface area contributed by atoms with Crippen molar-refractivity contribution < 1.29 is 98.9 Å². The van der Waals surface area contributed by atoms with Gasteiger partial charge in [0.2, 0.25) is 6.29 Å². The molecule has 68 heavy (non-hydrogen) atoms. The molecule has 0 radical (unpaired) electrons. The molecule has 3 aliphatic heterocycles. The molecule has 5 aliphatic carbocycles. The van der Waals surface area contributed by atoms with Crippen LogP contribution >= 0.6 is 0 Å². The second kappa shape index (κ2) is 18.5. The molecule has 3 heterocycles. The summed E-state index contributed by atoms with van der Waals surface area (Å²) in [6, 6.07) is 0. The molecule has 24 atom stereocenters. The molecule has 7 fully saturated rings. The Morgan fingerprint density at radius 3 is 2.03 bits per heavy atom. The number of allylic oxidation sites excluding steroid dienone is 2. The molecule has 388 valence electrons. The summed E-state index contributed by atoms with van der Waals surface area (Å²) in [4.78, 5) is 27.8. The third kappa shape index (κ3) is 8.03. The summed E-state index contributed by atoms with van der Waals surface area (Å²) in [5.41, 5.74) is -2.44. The molecular formula is C48H76O20. The molecule has 0 aromatic rings. The van der Waals surface area contributed by atoms with Gasteiger partial charge in [-0.05, 0) is 97.2 Å². The van der Waals surface area contributed by atoms with Crippen LogP contribution in [0.15, 0.2) is 11.6 Å². The standard InChI is InChI=1S/C48H76O20/c1-43(2)12-14-48(42(61)68-40-33(58)30(55)29(54)25(18-49)64-40)15-13-46(5)21(22(48)16-43)8-9-27-44(3)17-23(51)37(45(4,20-50)26(44)10-11-47(27,46)6)67-41-34(59)31(56)35(36(66-41)38(60)62-7)65-39-32(57)28(53)24(52)19-63-39/h8,22-37,39-41,49-59H,9-20H2,1-7H3/t22-,23-,24+,25+,26+,27+,28-,29+,30-,31+,32+,33+,34+,35-,36-,37-,39-,40-,41-,44-,45-,46+,47+,48-/m0/s1. The second-order valence-electron chi connectivity index (χ2n) is 23.2. The van der Waals surface area contributed by atoms with E-state index in [1.807, 2.05) is 6.92 Å². The zero-order chi connectivity index (χ0) is 49.8. The van der Waals surface area contributed by atoms with Crippen LogP contribution in [0, 0.1) is 50.2 Å². The smallest absolute Gasteiger partial charge is 0.337 e. The summed E-state index contributed by atoms with van der Waals surface area (Å²) < 4.78 is 40.0. The Kier molecular flexibility index (Phi) is 14.3. The minimum atomic E-state index is -1.91. The van der Waals surface area contributed by atoms with E-state index < -0.39 is 152 Å².